The van der Waals surface area contributed by atoms with Gasteiger partial charge in [0, 0.05) is 0 Å². The van der Waals surface area contributed by atoms with E-state index in [1.54, 1.807) is 0 Å². The summed E-state index contributed by atoms with van der Waals surface area (Å²) in [5, 5.41) is 0. The van der Waals surface area contributed by atoms with Crippen molar-refractivity contribution in [1.82, 2.24) is 0 Å². The zero-order valence-corrected chi connectivity index (χ0v) is 17.1. The average molecular weight is 347 g/mol. The monoisotopic (exact) mass is 346 g/mol. The smallest absolute Gasteiger partial charge is 0.163 e. The molecular weight excluding hydrogens is 308 g/mol. The van der Waals surface area contributed by atoms with Crippen LogP contribution in [0.2, 0.25) is 0 Å². The van der Waals surface area contributed by atoms with E-state index in [4.69, 9.17) is 9.47 Å². The van der Waals surface area contributed by atoms with E-state index in [1.165, 1.54) is 57.8 Å². The first-order valence-corrected chi connectivity index (χ1v) is 11.0. The molecule has 4 aliphatic carbocycles. The molecule has 4 saturated carbocycles. The van der Waals surface area contributed by atoms with Crippen LogP contribution in [0.4, 0.5) is 0 Å². The van der Waals surface area contributed by atoms with Crippen molar-refractivity contribution >= 4 is 0 Å². The number of hydrogen-bond donors (Lipinski definition) is 0. The highest BCUT2D eigenvalue weighted by Gasteiger charge is 2.69. The molecule has 0 aromatic rings. The molecule has 0 radical (unpaired) electrons. The maximum absolute atomic E-state index is 6.64. The van der Waals surface area contributed by atoms with Gasteiger partial charge >= 0.3 is 0 Å². The third-order valence-corrected chi connectivity index (χ3v) is 9.71. The van der Waals surface area contributed by atoms with Gasteiger partial charge in [0.05, 0.1) is 12.2 Å². The fourth-order valence-electron chi connectivity index (χ4n) is 9.06. The molecule has 2 bridgehead atoms. The molecule has 1 saturated heterocycles. The van der Waals surface area contributed by atoms with Gasteiger partial charge in [0.2, 0.25) is 0 Å². The van der Waals surface area contributed by atoms with E-state index in [0.717, 1.165) is 24.4 Å². The largest absolute Gasteiger partial charge is 0.347 e. The van der Waals surface area contributed by atoms with Gasteiger partial charge in [0.25, 0.3) is 0 Å². The van der Waals surface area contributed by atoms with Crippen LogP contribution in [-0.2, 0) is 9.47 Å². The maximum atomic E-state index is 6.64. The van der Waals surface area contributed by atoms with Crippen LogP contribution in [0.3, 0.4) is 0 Å². The molecule has 5 rings (SSSR count). The van der Waals surface area contributed by atoms with Crippen molar-refractivity contribution in [2.75, 3.05) is 6.61 Å². The Kier molecular flexibility index (Phi) is 3.30. The van der Waals surface area contributed by atoms with Crippen molar-refractivity contribution in [3.05, 3.63) is 0 Å². The zero-order chi connectivity index (χ0) is 17.7. The SMILES string of the molecule is CC1(C)OC[C@]2(C[C@@]34CC[C@@H]5C(C)(C)CCC[C@@]5(C)[C@@H]3CC[C@H]2C4)O1. The van der Waals surface area contributed by atoms with Gasteiger partial charge in [-0.15, -0.1) is 0 Å². The Morgan fingerprint density at radius 3 is 2.36 bits per heavy atom. The van der Waals surface area contributed by atoms with Crippen molar-refractivity contribution in [3.8, 4) is 0 Å². The summed E-state index contributed by atoms with van der Waals surface area (Å²) in [4.78, 5) is 0. The van der Waals surface area contributed by atoms with Crippen molar-refractivity contribution in [2.45, 2.75) is 104 Å². The standard InChI is InChI=1S/C23H38O2/c1-19(2)10-6-11-21(5)17(19)9-12-22-13-16(7-8-18(21)22)23(14-22)15-24-20(3,4)25-23/h16-18H,6-15H2,1-5H3/t16-,17+,18-,21+,22-,23-/m0/s1. The van der Waals surface area contributed by atoms with Crippen LogP contribution in [0, 0.1) is 34.0 Å². The topological polar surface area (TPSA) is 18.5 Å². The number of fused-ring (bicyclic) bond motifs is 4. The number of hydrogen-bond acceptors (Lipinski definition) is 2. The molecular formula is C23H38O2. The summed E-state index contributed by atoms with van der Waals surface area (Å²) in [6.45, 7) is 12.9. The third-order valence-electron chi connectivity index (χ3n) is 9.71. The average Bonchev–Trinajstić information content (AvgIpc) is 2.91. The molecule has 0 amide bonds. The number of ether oxygens (including phenoxy) is 2. The van der Waals surface area contributed by atoms with Gasteiger partial charge in [0.15, 0.2) is 5.79 Å². The molecule has 5 fully saturated rings. The van der Waals surface area contributed by atoms with E-state index in [1.807, 2.05) is 0 Å². The van der Waals surface area contributed by atoms with Crippen molar-refractivity contribution in [3.63, 3.8) is 0 Å². The third kappa shape index (κ3) is 2.16. The second-order valence-electron chi connectivity index (χ2n) is 11.9. The summed E-state index contributed by atoms with van der Waals surface area (Å²) >= 11 is 0. The Morgan fingerprint density at radius 2 is 1.64 bits per heavy atom. The van der Waals surface area contributed by atoms with Gasteiger partial charge in [-0.05, 0) is 99.2 Å². The zero-order valence-electron chi connectivity index (χ0n) is 17.1. The summed E-state index contributed by atoms with van der Waals surface area (Å²) < 4.78 is 12.7. The molecule has 0 unspecified atom stereocenters. The summed E-state index contributed by atoms with van der Waals surface area (Å²) in [6.07, 6.45) is 12.7. The molecule has 0 aromatic carbocycles. The number of rotatable bonds is 0. The van der Waals surface area contributed by atoms with E-state index in [0.29, 0.717) is 16.2 Å². The molecule has 25 heavy (non-hydrogen) atoms. The Morgan fingerprint density at radius 1 is 0.840 bits per heavy atom. The molecule has 0 N–H and O–H groups in total. The van der Waals surface area contributed by atoms with Gasteiger partial charge in [0.1, 0.15) is 0 Å². The molecule has 142 valence electrons. The van der Waals surface area contributed by atoms with Gasteiger partial charge < -0.3 is 9.47 Å². The van der Waals surface area contributed by atoms with E-state index >= 15 is 0 Å². The fourth-order valence-corrected chi connectivity index (χ4v) is 9.06. The Bertz CT molecular complexity index is 581. The molecule has 2 nitrogen and oxygen atoms in total. The maximum Gasteiger partial charge on any atom is 0.163 e. The molecule has 2 heteroatoms. The van der Waals surface area contributed by atoms with Crippen LogP contribution < -0.4 is 0 Å². The van der Waals surface area contributed by atoms with Crippen molar-refractivity contribution < 1.29 is 9.47 Å². The quantitative estimate of drug-likeness (QED) is 0.540. The second-order valence-corrected chi connectivity index (χ2v) is 11.9. The van der Waals surface area contributed by atoms with Gasteiger partial charge in [-0.3, -0.25) is 0 Å². The molecule has 0 aromatic heterocycles. The lowest BCUT2D eigenvalue weighted by atomic mass is 9.41. The summed E-state index contributed by atoms with van der Waals surface area (Å²) in [5.41, 5.74) is 1.68. The van der Waals surface area contributed by atoms with Gasteiger partial charge in [-0.1, -0.05) is 27.2 Å². The second kappa shape index (κ2) is 4.85. The normalized spacial score (nSPS) is 55.8. The first kappa shape index (κ1) is 17.0. The van der Waals surface area contributed by atoms with Crippen LogP contribution in [-0.4, -0.2) is 18.0 Å². The molecule has 1 heterocycles. The predicted octanol–water partition coefficient (Wildman–Crippen LogP) is 5.94. The molecule has 5 aliphatic rings. The fraction of sp³-hybridized carbons (Fsp3) is 1.00. The minimum atomic E-state index is -0.377. The first-order chi connectivity index (χ1) is 11.6. The van der Waals surface area contributed by atoms with E-state index in [-0.39, 0.29) is 11.4 Å². The van der Waals surface area contributed by atoms with Crippen LogP contribution in [0.5, 0.6) is 0 Å². The summed E-state index contributed by atoms with van der Waals surface area (Å²) in [5.74, 6) is 2.20. The lowest BCUT2D eigenvalue weighted by Gasteiger charge is -2.64. The van der Waals surface area contributed by atoms with E-state index in [9.17, 15) is 0 Å². The Hall–Kier alpha value is -0.0800. The highest BCUT2D eigenvalue weighted by molar-refractivity contribution is 5.18. The van der Waals surface area contributed by atoms with Gasteiger partial charge in [-0.25, -0.2) is 0 Å². The highest BCUT2D eigenvalue weighted by atomic mass is 16.8. The van der Waals surface area contributed by atoms with Crippen LogP contribution >= 0.6 is 0 Å². The summed E-state index contributed by atoms with van der Waals surface area (Å²) in [6, 6.07) is 0. The van der Waals surface area contributed by atoms with E-state index in [2.05, 4.69) is 34.6 Å². The lowest BCUT2D eigenvalue weighted by Crippen LogP contribution is -2.55. The minimum absolute atomic E-state index is 0.0334. The summed E-state index contributed by atoms with van der Waals surface area (Å²) in [7, 11) is 0. The van der Waals surface area contributed by atoms with Crippen molar-refractivity contribution in [1.29, 1.82) is 0 Å². The van der Waals surface area contributed by atoms with Crippen LogP contribution in [0.15, 0.2) is 0 Å². The highest BCUT2D eigenvalue weighted by Crippen LogP contribution is 2.74. The minimum Gasteiger partial charge on any atom is -0.347 e. The molecule has 2 spiro atoms. The van der Waals surface area contributed by atoms with Crippen LogP contribution in [0.25, 0.3) is 0 Å². The lowest BCUT2D eigenvalue weighted by molar-refractivity contribution is -0.170. The predicted molar refractivity (Wildman–Crippen MR) is 100 cm³/mol. The van der Waals surface area contributed by atoms with Crippen LogP contribution in [0.1, 0.15) is 92.4 Å². The van der Waals surface area contributed by atoms with Crippen molar-refractivity contribution in [2.24, 2.45) is 34.0 Å². The first-order valence-electron chi connectivity index (χ1n) is 11.0. The molecule has 6 atom stereocenters. The Balaban J connectivity index is 1.50. The molecule has 1 aliphatic heterocycles. The van der Waals surface area contributed by atoms with Gasteiger partial charge in [-0.2, -0.15) is 0 Å². The van der Waals surface area contributed by atoms with E-state index < -0.39 is 0 Å². The Labute approximate surface area is 154 Å².